The lowest BCUT2D eigenvalue weighted by atomic mass is 9.76. The predicted octanol–water partition coefficient (Wildman–Crippen LogP) is 4.21. The maximum atomic E-state index is 6.27. The third-order valence-electron chi connectivity index (χ3n) is 4.39. The van der Waals surface area contributed by atoms with Crippen molar-refractivity contribution in [1.29, 1.82) is 0 Å². The molecule has 1 heterocycles. The Balaban J connectivity index is 2.08. The van der Waals surface area contributed by atoms with Crippen molar-refractivity contribution in [3.05, 3.63) is 29.0 Å². The van der Waals surface area contributed by atoms with Crippen LogP contribution in [0.25, 0.3) is 0 Å². The number of nitrogens with zero attached hydrogens (tertiary/aromatic N) is 1. The lowest BCUT2D eigenvalue weighted by molar-refractivity contribution is 0.224. The van der Waals surface area contributed by atoms with Crippen LogP contribution >= 0.6 is 11.6 Å². The molecule has 2 rings (SSSR count). The third-order valence-corrected chi connectivity index (χ3v) is 4.71. The SMILES string of the molecule is CCC1CCC(C(NC)c2ccncc2Cl)CC1. The summed E-state index contributed by atoms with van der Waals surface area (Å²) >= 11 is 6.27. The van der Waals surface area contributed by atoms with E-state index in [0.717, 1.165) is 10.9 Å². The van der Waals surface area contributed by atoms with E-state index in [9.17, 15) is 0 Å². The van der Waals surface area contributed by atoms with Crippen LogP contribution in [0.3, 0.4) is 0 Å². The first-order chi connectivity index (χ1) is 8.76. The van der Waals surface area contributed by atoms with E-state index in [-0.39, 0.29) is 0 Å². The van der Waals surface area contributed by atoms with Gasteiger partial charge in [-0.3, -0.25) is 4.98 Å². The van der Waals surface area contributed by atoms with Gasteiger partial charge in [0, 0.05) is 18.4 Å². The molecule has 0 saturated heterocycles. The normalized spacial score (nSPS) is 25.9. The summed E-state index contributed by atoms with van der Waals surface area (Å²) in [6, 6.07) is 2.42. The van der Waals surface area contributed by atoms with Crippen LogP contribution in [-0.2, 0) is 0 Å². The highest BCUT2D eigenvalue weighted by Gasteiger charge is 2.28. The minimum Gasteiger partial charge on any atom is -0.313 e. The van der Waals surface area contributed by atoms with Crippen molar-refractivity contribution in [3.8, 4) is 0 Å². The average Bonchev–Trinajstić information content (AvgIpc) is 2.42. The molecule has 0 amide bonds. The molecule has 18 heavy (non-hydrogen) atoms. The topological polar surface area (TPSA) is 24.9 Å². The molecule has 1 saturated carbocycles. The van der Waals surface area contributed by atoms with Crippen molar-refractivity contribution in [2.24, 2.45) is 11.8 Å². The lowest BCUT2D eigenvalue weighted by Gasteiger charge is -2.34. The molecular formula is C15H23ClN2. The minimum absolute atomic E-state index is 0.373. The van der Waals surface area contributed by atoms with E-state index < -0.39 is 0 Å². The molecule has 2 nitrogen and oxygen atoms in total. The van der Waals surface area contributed by atoms with E-state index in [1.807, 2.05) is 13.2 Å². The van der Waals surface area contributed by atoms with Gasteiger partial charge < -0.3 is 5.32 Å². The summed E-state index contributed by atoms with van der Waals surface area (Å²) in [5, 5.41) is 4.24. The minimum atomic E-state index is 0.373. The molecule has 1 atom stereocenters. The maximum absolute atomic E-state index is 6.27. The van der Waals surface area contributed by atoms with Crippen LogP contribution in [0.15, 0.2) is 18.5 Å². The highest BCUT2D eigenvalue weighted by molar-refractivity contribution is 6.31. The summed E-state index contributed by atoms with van der Waals surface area (Å²) in [6.07, 6.45) is 10.3. The Kier molecular flexibility index (Phi) is 5.02. The zero-order valence-electron chi connectivity index (χ0n) is 11.3. The number of hydrogen-bond acceptors (Lipinski definition) is 2. The highest BCUT2D eigenvalue weighted by atomic mass is 35.5. The Hall–Kier alpha value is -0.600. The number of nitrogens with one attached hydrogen (secondary N) is 1. The molecule has 0 spiro atoms. The Labute approximate surface area is 115 Å². The van der Waals surface area contributed by atoms with Gasteiger partial charge in [0.25, 0.3) is 0 Å². The van der Waals surface area contributed by atoms with E-state index in [2.05, 4.69) is 23.3 Å². The van der Waals surface area contributed by atoms with E-state index in [0.29, 0.717) is 12.0 Å². The van der Waals surface area contributed by atoms with Crippen molar-refractivity contribution in [3.63, 3.8) is 0 Å². The Bertz CT molecular complexity index is 373. The quantitative estimate of drug-likeness (QED) is 0.883. The van der Waals surface area contributed by atoms with Crippen LogP contribution in [0.4, 0.5) is 0 Å². The van der Waals surface area contributed by atoms with Crippen LogP contribution in [-0.4, -0.2) is 12.0 Å². The van der Waals surface area contributed by atoms with Crippen molar-refractivity contribution < 1.29 is 0 Å². The molecule has 100 valence electrons. The molecular weight excluding hydrogens is 244 g/mol. The molecule has 1 aliphatic rings. The maximum Gasteiger partial charge on any atom is 0.0637 e. The molecule has 1 aliphatic carbocycles. The highest BCUT2D eigenvalue weighted by Crippen LogP contribution is 2.39. The van der Waals surface area contributed by atoms with Gasteiger partial charge in [-0.2, -0.15) is 0 Å². The fraction of sp³-hybridized carbons (Fsp3) is 0.667. The molecule has 1 unspecified atom stereocenters. The second-order valence-electron chi connectivity index (χ2n) is 5.35. The number of rotatable bonds is 4. The Morgan fingerprint density at radius 1 is 1.39 bits per heavy atom. The lowest BCUT2D eigenvalue weighted by Crippen LogP contribution is -2.29. The van der Waals surface area contributed by atoms with E-state index in [1.54, 1.807) is 6.20 Å². The average molecular weight is 267 g/mol. The van der Waals surface area contributed by atoms with Gasteiger partial charge in [0.2, 0.25) is 0 Å². The van der Waals surface area contributed by atoms with Crippen LogP contribution < -0.4 is 5.32 Å². The van der Waals surface area contributed by atoms with Gasteiger partial charge in [-0.15, -0.1) is 0 Å². The molecule has 3 heteroatoms. The fourth-order valence-corrected chi connectivity index (χ4v) is 3.45. The summed E-state index contributed by atoms with van der Waals surface area (Å²) in [7, 11) is 2.04. The monoisotopic (exact) mass is 266 g/mol. The fourth-order valence-electron chi connectivity index (χ4n) is 3.21. The first-order valence-electron chi connectivity index (χ1n) is 7.03. The van der Waals surface area contributed by atoms with Crippen molar-refractivity contribution in [1.82, 2.24) is 10.3 Å². The van der Waals surface area contributed by atoms with Gasteiger partial charge in [0.1, 0.15) is 0 Å². The standard InChI is InChI=1S/C15H23ClN2/c1-3-11-4-6-12(7-5-11)15(17-2)13-8-9-18-10-14(13)16/h8-12,15,17H,3-7H2,1-2H3. The zero-order valence-corrected chi connectivity index (χ0v) is 12.1. The van der Waals surface area contributed by atoms with Crippen molar-refractivity contribution >= 4 is 11.6 Å². The van der Waals surface area contributed by atoms with E-state index in [4.69, 9.17) is 11.6 Å². The van der Waals surface area contributed by atoms with Gasteiger partial charge in [-0.1, -0.05) is 37.8 Å². The van der Waals surface area contributed by atoms with Crippen LogP contribution in [0.1, 0.15) is 50.6 Å². The third kappa shape index (κ3) is 3.04. The number of hydrogen-bond donors (Lipinski definition) is 1. The second kappa shape index (κ2) is 6.53. The van der Waals surface area contributed by atoms with Crippen molar-refractivity contribution in [2.45, 2.75) is 45.1 Å². The van der Waals surface area contributed by atoms with Crippen LogP contribution in [0, 0.1) is 11.8 Å². The smallest absolute Gasteiger partial charge is 0.0637 e. The van der Waals surface area contributed by atoms with Gasteiger partial charge in [-0.05, 0) is 43.4 Å². The van der Waals surface area contributed by atoms with Crippen LogP contribution in [0.2, 0.25) is 5.02 Å². The van der Waals surface area contributed by atoms with Crippen molar-refractivity contribution in [2.75, 3.05) is 7.05 Å². The number of aromatic nitrogens is 1. The summed E-state index contributed by atoms with van der Waals surface area (Å²) in [6.45, 7) is 2.31. The Morgan fingerprint density at radius 3 is 2.67 bits per heavy atom. The molecule has 1 fully saturated rings. The predicted molar refractivity (Wildman–Crippen MR) is 76.8 cm³/mol. The molecule has 1 aromatic heterocycles. The second-order valence-corrected chi connectivity index (χ2v) is 5.76. The number of pyridine rings is 1. The number of halogens is 1. The molecule has 1 aromatic rings. The van der Waals surface area contributed by atoms with Gasteiger partial charge >= 0.3 is 0 Å². The summed E-state index contributed by atoms with van der Waals surface area (Å²) in [5.74, 6) is 1.64. The van der Waals surface area contributed by atoms with Gasteiger partial charge in [0.05, 0.1) is 5.02 Å². The van der Waals surface area contributed by atoms with E-state index >= 15 is 0 Å². The first kappa shape index (κ1) is 13.8. The molecule has 0 radical (unpaired) electrons. The summed E-state index contributed by atoms with van der Waals surface area (Å²) < 4.78 is 0. The molecule has 1 N–H and O–H groups in total. The molecule has 0 bridgehead atoms. The summed E-state index contributed by atoms with van der Waals surface area (Å²) in [5.41, 5.74) is 1.20. The Morgan fingerprint density at radius 2 is 2.11 bits per heavy atom. The molecule has 0 aromatic carbocycles. The van der Waals surface area contributed by atoms with Crippen LogP contribution in [0.5, 0.6) is 0 Å². The largest absolute Gasteiger partial charge is 0.313 e. The van der Waals surface area contributed by atoms with Gasteiger partial charge in [-0.25, -0.2) is 0 Å². The first-order valence-corrected chi connectivity index (χ1v) is 7.40. The zero-order chi connectivity index (χ0) is 13.0. The summed E-state index contributed by atoms with van der Waals surface area (Å²) in [4.78, 5) is 4.07. The van der Waals surface area contributed by atoms with Gasteiger partial charge in [0.15, 0.2) is 0 Å². The van der Waals surface area contributed by atoms with E-state index in [1.165, 1.54) is 37.7 Å². The molecule has 0 aliphatic heterocycles.